The number of aliphatic hydroxyl groups is 1. The number of nitrogens with zero attached hydrogens (tertiary/aromatic N) is 4. The second-order valence-electron chi connectivity index (χ2n) is 7.27. The summed E-state index contributed by atoms with van der Waals surface area (Å²) in [5.41, 5.74) is 0.140. The van der Waals surface area contributed by atoms with Crippen LogP contribution in [0.2, 0.25) is 0 Å². The molecule has 0 spiro atoms. The Balaban J connectivity index is 1.58. The van der Waals surface area contributed by atoms with Gasteiger partial charge in [0, 0.05) is 27.1 Å². The van der Waals surface area contributed by atoms with Crippen molar-refractivity contribution in [2.75, 3.05) is 27.2 Å². The lowest BCUT2D eigenvalue weighted by Crippen LogP contribution is -2.50. The van der Waals surface area contributed by atoms with Crippen LogP contribution >= 0.6 is 0 Å². The smallest absolute Gasteiger partial charge is 0.240 e. The van der Waals surface area contributed by atoms with Crippen LogP contribution in [0.3, 0.4) is 0 Å². The number of β-amino-alcohol motifs (C(OH)–C–C–N with tert-alkyl or cyclic N) is 1. The van der Waals surface area contributed by atoms with Crippen LogP contribution in [0.4, 0.5) is 0 Å². The standard InChI is InChI=1S/C19H26N4O3/c1-22(2)18(24)12-19(25)9-6-10-23(14-19)13-17-20-16(21-26-17)11-15-7-4-3-5-8-15/h3-5,7-8,25H,6,9-14H2,1-2H3. The molecule has 1 unspecified atom stereocenters. The van der Waals surface area contributed by atoms with Gasteiger partial charge >= 0.3 is 0 Å². The molecule has 1 saturated heterocycles. The van der Waals surface area contributed by atoms with E-state index in [4.69, 9.17) is 4.52 Å². The molecule has 1 aliphatic rings. The lowest BCUT2D eigenvalue weighted by atomic mass is 9.89. The zero-order valence-corrected chi connectivity index (χ0v) is 15.4. The highest BCUT2D eigenvalue weighted by Gasteiger charge is 2.36. The van der Waals surface area contributed by atoms with Gasteiger partial charge in [-0.1, -0.05) is 35.5 Å². The number of benzene rings is 1. The first kappa shape index (κ1) is 18.5. The fraction of sp³-hybridized carbons (Fsp3) is 0.526. The predicted octanol–water partition coefficient (Wildman–Crippen LogP) is 1.47. The van der Waals surface area contributed by atoms with Crippen LogP contribution in [-0.2, 0) is 17.8 Å². The lowest BCUT2D eigenvalue weighted by Gasteiger charge is -2.38. The van der Waals surface area contributed by atoms with Crippen molar-refractivity contribution in [3.8, 4) is 0 Å². The minimum Gasteiger partial charge on any atom is -0.388 e. The van der Waals surface area contributed by atoms with Crippen molar-refractivity contribution in [3.05, 3.63) is 47.6 Å². The maximum atomic E-state index is 12.0. The van der Waals surface area contributed by atoms with E-state index in [1.807, 2.05) is 30.3 Å². The molecule has 0 radical (unpaired) electrons. The molecule has 1 fully saturated rings. The zero-order valence-electron chi connectivity index (χ0n) is 15.4. The Bertz CT molecular complexity index is 731. The van der Waals surface area contributed by atoms with Crippen LogP contribution in [0.5, 0.6) is 0 Å². The molecule has 2 heterocycles. The Labute approximate surface area is 153 Å². The Kier molecular flexibility index (Phi) is 5.68. The summed E-state index contributed by atoms with van der Waals surface area (Å²) in [5.74, 6) is 1.14. The second kappa shape index (κ2) is 7.97. The van der Waals surface area contributed by atoms with Gasteiger partial charge in [0.2, 0.25) is 11.8 Å². The van der Waals surface area contributed by atoms with E-state index in [9.17, 15) is 9.90 Å². The third-order valence-corrected chi connectivity index (χ3v) is 4.69. The molecule has 1 N–H and O–H groups in total. The average Bonchev–Trinajstić information content (AvgIpc) is 3.02. The van der Waals surface area contributed by atoms with Crippen LogP contribution in [0.1, 0.15) is 36.5 Å². The number of likely N-dealkylation sites (tertiary alicyclic amines) is 1. The van der Waals surface area contributed by atoms with E-state index in [0.717, 1.165) is 18.5 Å². The van der Waals surface area contributed by atoms with Crippen LogP contribution in [-0.4, -0.2) is 63.7 Å². The zero-order chi connectivity index (χ0) is 18.6. The SMILES string of the molecule is CN(C)C(=O)CC1(O)CCCN(Cc2nc(Cc3ccccc3)no2)C1. The number of carbonyl (C=O) groups is 1. The van der Waals surface area contributed by atoms with Crippen LogP contribution < -0.4 is 0 Å². The fourth-order valence-corrected chi connectivity index (χ4v) is 3.32. The van der Waals surface area contributed by atoms with Gasteiger partial charge in [-0.05, 0) is 24.9 Å². The average molecular weight is 358 g/mol. The number of hydrogen-bond donors (Lipinski definition) is 1. The van der Waals surface area contributed by atoms with Gasteiger partial charge in [-0.2, -0.15) is 4.98 Å². The van der Waals surface area contributed by atoms with Crippen molar-refractivity contribution in [1.29, 1.82) is 0 Å². The molecule has 2 aromatic rings. The third kappa shape index (κ3) is 4.89. The summed E-state index contributed by atoms with van der Waals surface area (Å²) in [7, 11) is 3.41. The summed E-state index contributed by atoms with van der Waals surface area (Å²) in [5, 5.41) is 14.8. The molecule has 1 atom stereocenters. The second-order valence-corrected chi connectivity index (χ2v) is 7.27. The van der Waals surface area contributed by atoms with Gasteiger partial charge in [0.15, 0.2) is 5.82 Å². The molecule has 1 amide bonds. The highest BCUT2D eigenvalue weighted by atomic mass is 16.5. The molecular formula is C19H26N4O3. The lowest BCUT2D eigenvalue weighted by molar-refractivity contribution is -0.136. The monoisotopic (exact) mass is 358 g/mol. The number of piperidine rings is 1. The van der Waals surface area contributed by atoms with Gasteiger partial charge in [0.05, 0.1) is 18.6 Å². The normalized spacial score (nSPS) is 20.9. The predicted molar refractivity (Wildman–Crippen MR) is 96.3 cm³/mol. The molecule has 1 aromatic heterocycles. The van der Waals surface area contributed by atoms with Crippen molar-refractivity contribution in [2.45, 2.75) is 37.8 Å². The Morgan fingerprint density at radius 1 is 1.35 bits per heavy atom. The number of rotatable bonds is 6. The summed E-state index contributed by atoms with van der Waals surface area (Å²) in [6, 6.07) is 10.0. The largest absolute Gasteiger partial charge is 0.388 e. The number of amides is 1. The molecule has 7 heteroatoms. The molecule has 1 aliphatic heterocycles. The molecule has 0 bridgehead atoms. The summed E-state index contributed by atoms with van der Waals surface area (Å²) >= 11 is 0. The highest BCUT2D eigenvalue weighted by molar-refractivity contribution is 5.76. The van der Waals surface area contributed by atoms with Crippen LogP contribution in [0.25, 0.3) is 0 Å². The van der Waals surface area contributed by atoms with Gasteiger partial charge in [0.25, 0.3) is 0 Å². The number of carbonyl (C=O) groups excluding carboxylic acids is 1. The number of hydrogen-bond acceptors (Lipinski definition) is 6. The molecule has 0 saturated carbocycles. The summed E-state index contributed by atoms with van der Waals surface area (Å²) < 4.78 is 5.37. The third-order valence-electron chi connectivity index (χ3n) is 4.69. The van der Waals surface area contributed by atoms with Gasteiger partial charge in [-0.25, -0.2) is 0 Å². The minimum atomic E-state index is -0.994. The summed E-state index contributed by atoms with van der Waals surface area (Å²) in [4.78, 5) is 20.0. The van der Waals surface area contributed by atoms with Crippen molar-refractivity contribution >= 4 is 5.91 Å². The molecule has 0 aliphatic carbocycles. The first-order chi connectivity index (χ1) is 12.4. The summed E-state index contributed by atoms with van der Waals surface area (Å²) in [6.07, 6.45) is 2.24. The van der Waals surface area contributed by atoms with Gasteiger partial charge in [0.1, 0.15) is 0 Å². The minimum absolute atomic E-state index is 0.0581. The molecule has 140 valence electrons. The van der Waals surface area contributed by atoms with Crippen LogP contribution in [0, 0.1) is 0 Å². The fourth-order valence-electron chi connectivity index (χ4n) is 3.32. The van der Waals surface area contributed by atoms with E-state index in [-0.39, 0.29) is 12.3 Å². The molecule has 7 nitrogen and oxygen atoms in total. The van der Waals surface area contributed by atoms with Crippen LogP contribution in [0.15, 0.2) is 34.9 Å². The highest BCUT2D eigenvalue weighted by Crippen LogP contribution is 2.26. The van der Waals surface area contributed by atoms with E-state index >= 15 is 0 Å². The van der Waals surface area contributed by atoms with Gasteiger partial charge in [-0.3, -0.25) is 9.69 Å². The maximum absolute atomic E-state index is 12.0. The maximum Gasteiger partial charge on any atom is 0.240 e. The quantitative estimate of drug-likeness (QED) is 0.842. The van der Waals surface area contributed by atoms with E-state index in [1.54, 1.807) is 14.1 Å². The van der Waals surface area contributed by atoms with Crippen molar-refractivity contribution in [3.63, 3.8) is 0 Å². The number of aromatic nitrogens is 2. The van der Waals surface area contributed by atoms with E-state index in [0.29, 0.717) is 37.6 Å². The van der Waals surface area contributed by atoms with E-state index in [1.165, 1.54) is 4.90 Å². The topological polar surface area (TPSA) is 82.7 Å². The van der Waals surface area contributed by atoms with E-state index < -0.39 is 5.60 Å². The molecule has 1 aromatic carbocycles. The Hall–Kier alpha value is -2.25. The van der Waals surface area contributed by atoms with Crippen molar-refractivity contribution in [2.24, 2.45) is 0 Å². The van der Waals surface area contributed by atoms with Crippen molar-refractivity contribution in [1.82, 2.24) is 19.9 Å². The molecule has 26 heavy (non-hydrogen) atoms. The van der Waals surface area contributed by atoms with Crippen molar-refractivity contribution < 1.29 is 14.4 Å². The Morgan fingerprint density at radius 2 is 2.12 bits per heavy atom. The first-order valence-corrected chi connectivity index (χ1v) is 8.94. The summed E-state index contributed by atoms with van der Waals surface area (Å²) in [6.45, 7) is 1.76. The Morgan fingerprint density at radius 3 is 2.85 bits per heavy atom. The van der Waals surface area contributed by atoms with Gasteiger partial charge < -0.3 is 14.5 Å². The first-order valence-electron chi connectivity index (χ1n) is 8.94. The van der Waals surface area contributed by atoms with E-state index in [2.05, 4.69) is 15.0 Å². The molecular weight excluding hydrogens is 332 g/mol. The van der Waals surface area contributed by atoms with Gasteiger partial charge in [-0.15, -0.1) is 0 Å². The molecule has 3 rings (SSSR count).